The van der Waals surface area contributed by atoms with Gasteiger partial charge in [0.05, 0.1) is 25.1 Å². The first-order chi connectivity index (χ1) is 14.1. The highest BCUT2D eigenvalue weighted by molar-refractivity contribution is 5.84. The van der Waals surface area contributed by atoms with Crippen LogP contribution in [0.4, 0.5) is 11.8 Å². The van der Waals surface area contributed by atoms with Crippen molar-refractivity contribution >= 4 is 22.9 Å². The summed E-state index contributed by atoms with van der Waals surface area (Å²) in [5.74, 6) is 1.26. The van der Waals surface area contributed by atoms with E-state index in [4.69, 9.17) is 14.7 Å². The molecule has 0 spiro atoms. The maximum Gasteiger partial charge on any atom is 0.227 e. The number of nitrogens with one attached hydrogen (secondary N) is 2. The molecule has 29 heavy (non-hydrogen) atoms. The Morgan fingerprint density at radius 1 is 1.34 bits per heavy atom. The van der Waals surface area contributed by atoms with Crippen LogP contribution in [0, 0.1) is 0 Å². The Morgan fingerprint density at radius 2 is 2.21 bits per heavy atom. The van der Waals surface area contributed by atoms with Crippen LogP contribution >= 0.6 is 0 Å². The number of ether oxygens (including phenoxy) is 1. The summed E-state index contributed by atoms with van der Waals surface area (Å²) in [4.78, 5) is 16.5. The SMILES string of the molecule is CCC(C)n1cnc2c(NC3CCN(C)C3)nc(NC(CO)C3CCCO3)nc21. The first-order valence-electron chi connectivity index (χ1n) is 10.8. The van der Waals surface area contributed by atoms with Crippen molar-refractivity contribution in [2.45, 2.75) is 63.8 Å². The third-order valence-corrected chi connectivity index (χ3v) is 6.14. The Morgan fingerprint density at radius 3 is 2.86 bits per heavy atom. The second kappa shape index (κ2) is 8.81. The van der Waals surface area contributed by atoms with Gasteiger partial charge in [-0.05, 0) is 46.2 Å². The summed E-state index contributed by atoms with van der Waals surface area (Å²) in [5.41, 5.74) is 1.61. The Hall–Kier alpha value is -1.97. The van der Waals surface area contributed by atoms with Gasteiger partial charge in [-0.25, -0.2) is 4.98 Å². The summed E-state index contributed by atoms with van der Waals surface area (Å²) in [6.45, 7) is 7.10. The van der Waals surface area contributed by atoms with Crippen LogP contribution in [0.5, 0.6) is 0 Å². The van der Waals surface area contributed by atoms with E-state index in [0.717, 1.165) is 62.4 Å². The van der Waals surface area contributed by atoms with E-state index >= 15 is 0 Å². The number of nitrogens with zero attached hydrogens (tertiary/aromatic N) is 5. The van der Waals surface area contributed by atoms with Gasteiger partial charge in [0.2, 0.25) is 5.95 Å². The van der Waals surface area contributed by atoms with Crippen LogP contribution in [0.1, 0.15) is 45.6 Å². The number of fused-ring (bicyclic) bond motifs is 1. The molecule has 3 N–H and O–H groups in total. The van der Waals surface area contributed by atoms with Gasteiger partial charge in [0.1, 0.15) is 0 Å². The van der Waals surface area contributed by atoms with Crippen LogP contribution in [0.3, 0.4) is 0 Å². The maximum absolute atomic E-state index is 9.89. The number of hydrogen-bond acceptors (Lipinski definition) is 8. The molecule has 0 radical (unpaired) electrons. The number of rotatable bonds is 8. The lowest BCUT2D eigenvalue weighted by atomic mass is 10.1. The van der Waals surface area contributed by atoms with E-state index in [-0.39, 0.29) is 18.8 Å². The van der Waals surface area contributed by atoms with Crippen molar-refractivity contribution in [2.75, 3.05) is 44.0 Å². The number of aliphatic hydroxyl groups excluding tert-OH is 1. The van der Waals surface area contributed by atoms with Crippen LogP contribution < -0.4 is 10.6 Å². The fourth-order valence-electron chi connectivity index (χ4n) is 4.19. The molecule has 4 heterocycles. The van der Waals surface area contributed by atoms with E-state index < -0.39 is 0 Å². The Labute approximate surface area is 171 Å². The summed E-state index contributed by atoms with van der Waals surface area (Å²) in [5, 5.41) is 16.8. The highest BCUT2D eigenvalue weighted by atomic mass is 16.5. The molecule has 0 saturated carbocycles. The molecule has 2 aliphatic heterocycles. The summed E-state index contributed by atoms with van der Waals surface area (Å²) in [6, 6.07) is 0.409. The Kier molecular flexibility index (Phi) is 6.17. The van der Waals surface area contributed by atoms with Crippen molar-refractivity contribution < 1.29 is 9.84 Å². The highest BCUT2D eigenvalue weighted by Gasteiger charge is 2.27. The average molecular weight is 404 g/mol. The second-order valence-electron chi connectivity index (χ2n) is 8.35. The summed E-state index contributed by atoms with van der Waals surface area (Å²) in [6.07, 6.45) is 5.86. The molecule has 2 saturated heterocycles. The smallest absolute Gasteiger partial charge is 0.227 e. The van der Waals surface area contributed by atoms with Crippen molar-refractivity contribution in [1.82, 2.24) is 24.4 Å². The van der Waals surface area contributed by atoms with E-state index in [1.807, 2.05) is 6.33 Å². The normalized spacial score (nSPS) is 24.8. The monoisotopic (exact) mass is 403 g/mol. The van der Waals surface area contributed by atoms with Crippen LogP contribution in [-0.2, 0) is 4.74 Å². The molecule has 9 nitrogen and oxygen atoms in total. The lowest BCUT2D eigenvalue weighted by Gasteiger charge is -2.23. The van der Waals surface area contributed by atoms with Crippen LogP contribution in [0.25, 0.3) is 11.2 Å². The molecule has 0 amide bonds. The van der Waals surface area contributed by atoms with Gasteiger partial charge in [-0.1, -0.05) is 6.92 Å². The van der Waals surface area contributed by atoms with Gasteiger partial charge >= 0.3 is 0 Å². The fraction of sp³-hybridized carbons (Fsp3) is 0.750. The van der Waals surface area contributed by atoms with Gasteiger partial charge in [0, 0.05) is 25.2 Å². The molecule has 0 aromatic carbocycles. The van der Waals surface area contributed by atoms with Gasteiger partial charge in [-0.15, -0.1) is 0 Å². The van der Waals surface area contributed by atoms with Crippen molar-refractivity contribution in [3.63, 3.8) is 0 Å². The van der Waals surface area contributed by atoms with Crippen molar-refractivity contribution in [2.24, 2.45) is 0 Å². The van der Waals surface area contributed by atoms with Gasteiger partial charge in [0.15, 0.2) is 17.0 Å². The quantitative estimate of drug-likeness (QED) is 0.614. The lowest BCUT2D eigenvalue weighted by Crippen LogP contribution is -2.37. The standard InChI is InChI=1S/C20H33N7O2/c1-4-13(2)27-12-21-17-18(22-14-7-8-26(3)10-14)24-20(25-19(17)27)23-15(11-28)16-6-5-9-29-16/h12-16,28H,4-11H2,1-3H3,(H2,22,23,24,25). The Bertz CT molecular complexity index is 821. The minimum Gasteiger partial charge on any atom is -0.394 e. The van der Waals surface area contributed by atoms with Gasteiger partial charge in [-0.3, -0.25) is 0 Å². The molecule has 4 rings (SSSR count). The molecular weight excluding hydrogens is 370 g/mol. The summed E-state index contributed by atoms with van der Waals surface area (Å²) >= 11 is 0. The third kappa shape index (κ3) is 4.31. The predicted molar refractivity (Wildman–Crippen MR) is 113 cm³/mol. The number of hydrogen-bond donors (Lipinski definition) is 3. The fourth-order valence-corrected chi connectivity index (χ4v) is 4.19. The molecule has 4 unspecified atom stereocenters. The van der Waals surface area contributed by atoms with Crippen LogP contribution in [0.15, 0.2) is 6.33 Å². The number of anilines is 2. The van der Waals surface area contributed by atoms with Crippen LogP contribution in [-0.4, -0.2) is 81.1 Å². The molecule has 2 aliphatic rings. The van der Waals surface area contributed by atoms with Gasteiger partial charge in [0.25, 0.3) is 0 Å². The minimum absolute atomic E-state index is 0.0151. The first kappa shape index (κ1) is 20.3. The van der Waals surface area contributed by atoms with Crippen molar-refractivity contribution in [3.05, 3.63) is 6.33 Å². The minimum atomic E-state index is -0.222. The lowest BCUT2D eigenvalue weighted by molar-refractivity contribution is 0.0755. The number of likely N-dealkylation sites (tertiary alicyclic amines) is 1. The number of aromatic nitrogens is 4. The van der Waals surface area contributed by atoms with E-state index in [9.17, 15) is 5.11 Å². The van der Waals surface area contributed by atoms with Crippen molar-refractivity contribution in [3.8, 4) is 0 Å². The van der Waals surface area contributed by atoms with Crippen LogP contribution in [0.2, 0.25) is 0 Å². The molecule has 2 fully saturated rings. The number of aliphatic hydroxyl groups is 1. The summed E-state index contributed by atoms with van der Waals surface area (Å²) in [7, 11) is 2.13. The molecule has 0 bridgehead atoms. The zero-order chi connectivity index (χ0) is 20.4. The second-order valence-corrected chi connectivity index (χ2v) is 8.35. The van der Waals surface area contributed by atoms with E-state index in [0.29, 0.717) is 18.0 Å². The van der Waals surface area contributed by atoms with E-state index in [1.54, 1.807) is 0 Å². The summed E-state index contributed by atoms with van der Waals surface area (Å²) < 4.78 is 7.87. The largest absolute Gasteiger partial charge is 0.394 e. The van der Waals surface area contributed by atoms with Gasteiger partial charge in [-0.2, -0.15) is 9.97 Å². The average Bonchev–Trinajstić information content (AvgIpc) is 3.46. The van der Waals surface area contributed by atoms with Crippen molar-refractivity contribution in [1.29, 1.82) is 0 Å². The molecule has 160 valence electrons. The number of imidazole rings is 1. The zero-order valence-corrected chi connectivity index (χ0v) is 17.6. The zero-order valence-electron chi connectivity index (χ0n) is 17.6. The topological polar surface area (TPSA) is 100 Å². The molecule has 0 aliphatic carbocycles. The van der Waals surface area contributed by atoms with Gasteiger partial charge < -0.3 is 29.9 Å². The first-order valence-corrected chi connectivity index (χ1v) is 10.8. The predicted octanol–water partition coefficient (Wildman–Crippen LogP) is 1.87. The molecular formula is C20H33N7O2. The molecule has 4 atom stereocenters. The maximum atomic E-state index is 9.89. The third-order valence-electron chi connectivity index (χ3n) is 6.14. The highest BCUT2D eigenvalue weighted by Crippen LogP contribution is 2.27. The molecule has 9 heteroatoms. The Balaban J connectivity index is 1.67. The molecule has 2 aromatic heterocycles. The molecule has 2 aromatic rings. The number of likely N-dealkylation sites (N-methyl/N-ethyl adjacent to an activating group) is 1. The van der Waals surface area contributed by atoms with E-state index in [2.05, 4.69) is 46.0 Å². The van der Waals surface area contributed by atoms with E-state index in [1.165, 1.54) is 0 Å².